The maximum absolute atomic E-state index is 5.78. The molecule has 2 N–H and O–H groups in total. The maximum atomic E-state index is 5.78. The van der Waals surface area contributed by atoms with E-state index in [9.17, 15) is 0 Å². The van der Waals surface area contributed by atoms with Gasteiger partial charge in [-0.15, -0.1) is 0 Å². The number of nitrogens with two attached hydrogens (primary N) is 1. The van der Waals surface area contributed by atoms with Crippen LogP contribution in [0.5, 0.6) is 5.75 Å². The molecule has 7 heteroatoms. The van der Waals surface area contributed by atoms with Crippen molar-refractivity contribution >= 4 is 22.5 Å². The molecule has 7 nitrogen and oxygen atoms in total. The maximum Gasteiger partial charge on any atom is 0.223 e. The van der Waals surface area contributed by atoms with Crippen molar-refractivity contribution in [3.8, 4) is 5.75 Å². The van der Waals surface area contributed by atoms with Gasteiger partial charge in [0.2, 0.25) is 5.95 Å². The fourth-order valence-electron chi connectivity index (χ4n) is 3.46. The highest BCUT2D eigenvalue weighted by Gasteiger charge is 2.25. The second-order valence-corrected chi connectivity index (χ2v) is 7.54. The molecule has 0 saturated carbocycles. The van der Waals surface area contributed by atoms with Crippen LogP contribution in [0.2, 0.25) is 0 Å². The molecule has 0 radical (unpaired) electrons. The van der Waals surface area contributed by atoms with Gasteiger partial charge in [-0.1, -0.05) is 19.4 Å². The molecule has 2 aromatic heterocycles. The number of rotatable bonds is 3. The van der Waals surface area contributed by atoms with Crippen molar-refractivity contribution in [3.05, 3.63) is 24.5 Å². The lowest BCUT2D eigenvalue weighted by Gasteiger charge is -2.40. The zero-order chi connectivity index (χ0) is 19.4. The van der Waals surface area contributed by atoms with Gasteiger partial charge in [0, 0.05) is 10.9 Å². The van der Waals surface area contributed by atoms with Crippen molar-refractivity contribution < 1.29 is 4.74 Å². The van der Waals surface area contributed by atoms with E-state index in [2.05, 4.69) is 40.7 Å². The average molecular weight is 371 g/mol. The molecule has 1 aromatic carbocycles. The number of benzene rings is 1. The molecule has 0 unspecified atom stereocenters. The van der Waals surface area contributed by atoms with Gasteiger partial charge in [0.25, 0.3) is 0 Å². The van der Waals surface area contributed by atoms with Gasteiger partial charge in [-0.3, -0.25) is 4.90 Å². The molecule has 0 aliphatic carbocycles. The van der Waals surface area contributed by atoms with Gasteiger partial charge in [0.05, 0.1) is 7.11 Å². The molecule has 1 aliphatic rings. The smallest absolute Gasteiger partial charge is 0.223 e. The first kappa shape index (κ1) is 19.4. The molecule has 27 heavy (non-hydrogen) atoms. The Morgan fingerprint density at radius 1 is 1.19 bits per heavy atom. The molecule has 146 valence electrons. The molecule has 1 fully saturated rings. The van der Waals surface area contributed by atoms with Crippen molar-refractivity contribution in [2.45, 2.75) is 52.0 Å². The van der Waals surface area contributed by atoms with Crippen molar-refractivity contribution in [2.24, 2.45) is 0 Å². The van der Waals surface area contributed by atoms with E-state index in [1.54, 1.807) is 7.11 Å². The van der Waals surface area contributed by atoms with Crippen LogP contribution in [0.4, 0.5) is 5.95 Å². The van der Waals surface area contributed by atoms with Gasteiger partial charge in [0.1, 0.15) is 17.6 Å². The summed E-state index contributed by atoms with van der Waals surface area (Å²) in [5.41, 5.74) is 7.61. The summed E-state index contributed by atoms with van der Waals surface area (Å²) in [6.45, 7) is 9.65. The number of ether oxygens (including phenoxy) is 1. The van der Waals surface area contributed by atoms with E-state index >= 15 is 0 Å². The number of aromatic nitrogens is 4. The number of anilines is 1. The zero-order valence-electron chi connectivity index (χ0n) is 16.8. The lowest BCUT2D eigenvalue weighted by Crippen LogP contribution is -2.46. The first-order valence-corrected chi connectivity index (χ1v) is 9.65. The van der Waals surface area contributed by atoms with Crippen molar-refractivity contribution in [3.63, 3.8) is 0 Å². The van der Waals surface area contributed by atoms with E-state index < -0.39 is 0 Å². The van der Waals surface area contributed by atoms with E-state index in [1.807, 2.05) is 18.2 Å². The van der Waals surface area contributed by atoms with E-state index in [1.165, 1.54) is 49.6 Å². The largest absolute Gasteiger partial charge is 0.494 e. The molecule has 0 spiro atoms. The summed E-state index contributed by atoms with van der Waals surface area (Å²) in [5, 5.41) is 4.87. The quantitative estimate of drug-likeness (QED) is 0.759. The van der Waals surface area contributed by atoms with Crippen LogP contribution in [-0.4, -0.2) is 50.2 Å². The summed E-state index contributed by atoms with van der Waals surface area (Å²) in [4.78, 5) is 11.1. The molecule has 0 amide bonds. The number of hydrogen-bond acceptors (Lipinski definition) is 6. The number of hydrogen-bond donors (Lipinski definition) is 1. The number of nitrogen functional groups attached to an aromatic ring is 1. The van der Waals surface area contributed by atoms with Crippen LogP contribution in [0.3, 0.4) is 0 Å². The fourth-order valence-corrected chi connectivity index (χ4v) is 3.46. The summed E-state index contributed by atoms with van der Waals surface area (Å²) in [5.74, 6) is 0.971. The predicted molar refractivity (Wildman–Crippen MR) is 109 cm³/mol. The predicted octanol–water partition coefficient (Wildman–Crippen LogP) is 3.53. The SMILES string of the molecule is CCC(C)(C)N1CCCCC1.COc1cccc2c1nc(N)n1ncnc21. The fraction of sp³-hybridized carbons (Fsp3) is 0.550. The standard InChI is InChI=1S/C10H9N5O.C10H21N/c1-16-7-4-2-3-6-8(7)14-10(11)15-9(6)12-5-13-15;1-4-10(2,3)11-8-6-5-7-9-11/h2-5H,1H3,(H2,11,14);4-9H2,1-3H3. The van der Waals surface area contributed by atoms with Crippen LogP contribution in [0.25, 0.3) is 16.6 Å². The molecule has 1 saturated heterocycles. The molecule has 3 aromatic rings. The Kier molecular flexibility index (Phi) is 5.79. The number of nitrogens with zero attached hydrogens (tertiary/aromatic N) is 5. The molecule has 0 bridgehead atoms. The normalized spacial score (nSPS) is 15.6. The van der Waals surface area contributed by atoms with Gasteiger partial charge in [-0.2, -0.15) is 9.61 Å². The molecular formula is C20H30N6O. The minimum absolute atomic E-state index is 0.296. The molecule has 4 rings (SSSR count). The topological polar surface area (TPSA) is 81.6 Å². The van der Waals surface area contributed by atoms with E-state index in [4.69, 9.17) is 10.5 Å². The van der Waals surface area contributed by atoms with E-state index in [0.717, 1.165) is 5.39 Å². The van der Waals surface area contributed by atoms with E-state index in [-0.39, 0.29) is 0 Å². The number of methoxy groups -OCH3 is 1. The molecule has 3 heterocycles. The van der Waals surface area contributed by atoms with Crippen LogP contribution in [0.15, 0.2) is 24.5 Å². The van der Waals surface area contributed by atoms with Crippen LogP contribution in [-0.2, 0) is 0 Å². The second kappa shape index (κ2) is 8.08. The van der Waals surface area contributed by atoms with Gasteiger partial charge in [-0.05, 0) is 58.3 Å². The first-order valence-electron chi connectivity index (χ1n) is 9.65. The Bertz CT molecular complexity index is 898. The minimum Gasteiger partial charge on any atom is -0.494 e. The van der Waals surface area contributed by atoms with Gasteiger partial charge >= 0.3 is 0 Å². The second-order valence-electron chi connectivity index (χ2n) is 7.54. The number of para-hydroxylation sites is 1. The summed E-state index contributed by atoms with van der Waals surface area (Å²) in [6, 6.07) is 5.63. The Balaban J connectivity index is 0.000000168. The molecule has 0 atom stereocenters. The third kappa shape index (κ3) is 3.98. The lowest BCUT2D eigenvalue weighted by atomic mass is 9.96. The summed E-state index contributed by atoms with van der Waals surface area (Å²) >= 11 is 0. The van der Waals surface area contributed by atoms with Crippen LogP contribution >= 0.6 is 0 Å². The van der Waals surface area contributed by atoms with Gasteiger partial charge in [0.15, 0.2) is 5.65 Å². The number of fused-ring (bicyclic) bond motifs is 3. The Morgan fingerprint density at radius 3 is 2.59 bits per heavy atom. The highest BCUT2D eigenvalue weighted by Crippen LogP contribution is 2.26. The Labute approximate surface area is 160 Å². The highest BCUT2D eigenvalue weighted by atomic mass is 16.5. The number of piperidine rings is 1. The van der Waals surface area contributed by atoms with E-state index in [0.29, 0.717) is 28.4 Å². The zero-order valence-corrected chi connectivity index (χ0v) is 16.8. The average Bonchev–Trinajstić information content (AvgIpc) is 3.20. The van der Waals surface area contributed by atoms with Crippen molar-refractivity contribution in [1.29, 1.82) is 0 Å². The third-order valence-corrected chi connectivity index (χ3v) is 5.53. The lowest BCUT2D eigenvalue weighted by molar-refractivity contribution is 0.0922. The summed E-state index contributed by atoms with van der Waals surface area (Å²) < 4.78 is 6.73. The molecular weight excluding hydrogens is 340 g/mol. The summed E-state index contributed by atoms with van der Waals surface area (Å²) in [6.07, 6.45) is 6.97. The van der Waals surface area contributed by atoms with Crippen LogP contribution < -0.4 is 10.5 Å². The summed E-state index contributed by atoms with van der Waals surface area (Å²) in [7, 11) is 1.60. The minimum atomic E-state index is 0.296. The van der Waals surface area contributed by atoms with Crippen LogP contribution in [0.1, 0.15) is 46.5 Å². The van der Waals surface area contributed by atoms with Crippen molar-refractivity contribution in [2.75, 3.05) is 25.9 Å². The Hall–Kier alpha value is -2.41. The van der Waals surface area contributed by atoms with Gasteiger partial charge < -0.3 is 10.5 Å². The van der Waals surface area contributed by atoms with Gasteiger partial charge in [-0.25, -0.2) is 9.97 Å². The molecule has 1 aliphatic heterocycles. The highest BCUT2D eigenvalue weighted by molar-refractivity contribution is 5.95. The number of likely N-dealkylation sites (tertiary alicyclic amines) is 1. The monoisotopic (exact) mass is 370 g/mol. The van der Waals surface area contributed by atoms with Crippen molar-refractivity contribution in [1.82, 2.24) is 24.5 Å². The first-order chi connectivity index (χ1) is 13.0. The van der Waals surface area contributed by atoms with Crippen LogP contribution in [0, 0.1) is 0 Å². The third-order valence-electron chi connectivity index (χ3n) is 5.53. The Morgan fingerprint density at radius 2 is 1.93 bits per heavy atom.